The molecule has 0 aliphatic carbocycles. The van der Waals surface area contributed by atoms with Crippen molar-refractivity contribution in [3.63, 3.8) is 0 Å². The first-order chi connectivity index (χ1) is 7.40. The van der Waals surface area contributed by atoms with Crippen molar-refractivity contribution in [3.8, 4) is 6.07 Å². The number of allylic oxidation sites excluding steroid dienone is 1. The molecule has 1 radical (unpaired) electrons. The number of rotatable bonds is 2. The van der Waals surface area contributed by atoms with E-state index in [0.29, 0.717) is 5.92 Å². The summed E-state index contributed by atoms with van der Waals surface area (Å²) in [4.78, 5) is 0. The summed E-state index contributed by atoms with van der Waals surface area (Å²) < 4.78 is 37.4. The van der Waals surface area contributed by atoms with E-state index < -0.39 is 11.7 Å². The summed E-state index contributed by atoms with van der Waals surface area (Å²) in [7, 11) is 0. The van der Waals surface area contributed by atoms with Gasteiger partial charge in [-0.05, 0) is 23.8 Å². The Balaban J connectivity index is 3.34. The minimum atomic E-state index is -4.40. The number of nitriles is 1. The van der Waals surface area contributed by atoms with Crippen LogP contribution in [0.3, 0.4) is 0 Å². The zero-order chi connectivity index (χ0) is 12.3. The molecule has 0 heterocycles. The Morgan fingerprint density at radius 2 is 2.06 bits per heavy atom. The monoisotopic (exact) mass is 224 g/mol. The van der Waals surface area contributed by atoms with Crippen LogP contribution in [0.5, 0.6) is 0 Å². The van der Waals surface area contributed by atoms with Gasteiger partial charge in [-0.2, -0.15) is 18.4 Å². The molecule has 0 spiro atoms. The van der Waals surface area contributed by atoms with E-state index >= 15 is 0 Å². The first-order valence-electron chi connectivity index (χ1n) is 4.48. The van der Waals surface area contributed by atoms with Crippen LogP contribution in [0.15, 0.2) is 30.9 Å². The number of nitrogens with zero attached hydrogens (tertiary/aromatic N) is 1. The van der Waals surface area contributed by atoms with Crippen LogP contribution in [0.1, 0.15) is 23.6 Å². The molecule has 0 fully saturated rings. The van der Waals surface area contributed by atoms with E-state index in [4.69, 9.17) is 5.26 Å². The van der Waals surface area contributed by atoms with Crippen LogP contribution in [0, 0.1) is 17.2 Å². The third-order valence-electron chi connectivity index (χ3n) is 2.20. The van der Waals surface area contributed by atoms with Gasteiger partial charge in [0.1, 0.15) is 0 Å². The SMILES string of the molecule is C=C[C](C)c1cc(C(F)(F)F)ccc1C#N. The maximum atomic E-state index is 12.5. The maximum Gasteiger partial charge on any atom is 0.416 e. The van der Waals surface area contributed by atoms with Gasteiger partial charge in [-0.15, -0.1) is 6.58 Å². The lowest BCUT2D eigenvalue weighted by Crippen LogP contribution is -2.07. The second-order valence-electron chi connectivity index (χ2n) is 3.26. The van der Waals surface area contributed by atoms with Crippen LogP contribution in [-0.2, 0) is 6.18 Å². The smallest absolute Gasteiger partial charge is 0.192 e. The normalized spacial score (nSPS) is 11.2. The molecule has 0 saturated heterocycles. The number of hydrogen-bond donors (Lipinski definition) is 0. The maximum absolute atomic E-state index is 12.5. The van der Waals surface area contributed by atoms with Gasteiger partial charge in [-0.1, -0.05) is 13.0 Å². The van der Waals surface area contributed by atoms with Crippen LogP contribution >= 0.6 is 0 Å². The quantitative estimate of drug-likeness (QED) is 0.751. The molecule has 1 nitrogen and oxygen atoms in total. The van der Waals surface area contributed by atoms with Crippen molar-refractivity contribution in [2.24, 2.45) is 0 Å². The van der Waals surface area contributed by atoms with Crippen LogP contribution in [0.4, 0.5) is 13.2 Å². The summed E-state index contributed by atoms with van der Waals surface area (Å²) in [5.41, 5.74) is -0.277. The highest BCUT2D eigenvalue weighted by Crippen LogP contribution is 2.32. The van der Waals surface area contributed by atoms with E-state index in [1.807, 2.05) is 6.07 Å². The third-order valence-corrected chi connectivity index (χ3v) is 2.20. The first-order valence-corrected chi connectivity index (χ1v) is 4.48. The van der Waals surface area contributed by atoms with Gasteiger partial charge in [0.2, 0.25) is 0 Å². The van der Waals surface area contributed by atoms with Crippen molar-refractivity contribution in [2.45, 2.75) is 13.1 Å². The minimum Gasteiger partial charge on any atom is -0.192 e. The second-order valence-corrected chi connectivity index (χ2v) is 3.26. The molecule has 83 valence electrons. The average Bonchev–Trinajstić information content (AvgIpc) is 2.25. The first kappa shape index (κ1) is 12.3. The standard InChI is InChI=1S/C12H9F3N/c1-3-8(2)11-6-10(12(13,14)15)5-4-9(11)7-16/h3-6H,1H2,2H3. The summed E-state index contributed by atoms with van der Waals surface area (Å²) in [6, 6.07) is 4.89. The van der Waals surface area contributed by atoms with Gasteiger partial charge in [0.25, 0.3) is 0 Å². The number of hydrogen-bond acceptors (Lipinski definition) is 1. The topological polar surface area (TPSA) is 23.8 Å². The molecule has 4 heteroatoms. The van der Waals surface area contributed by atoms with E-state index in [1.165, 1.54) is 12.1 Å². The van der Waals surface area contributed by atoms with Crippen LogP contribution < -0.4 is 0 Å². The summed E-state index contributed by atoms with van der Waals surface area (Å²) in [6.45, 7) is 5.09. The highest BCUT2D eigenvalue weighted by Gasteiger charge is 2.31. The summed E-state index contributed by atoms with van der Waals surface area (Å²) in [5, 5.41) is 8.78. The molecule has 0 aliphatic heterocycles. The number of halogens is 3. The lowest BCUT2D eigenvalue weighted by molar-refractivity contribution is -0.137. The highest BCUT2D eigenvalue weighted by molar-refractivity contribution is 5.50. The predicted molar refractivity (Wildman–Crippen MR) is 54.4 cm³/mol. The van der Waals surface area contributed by atoms with E-state index in [1.54, 1.807) is 6.92 Å². The lowest BCUT2D eigenvalue weighted by Gasteiger charge is -2.12. The molecule has 0 N–H and O–H groups in total. The van der Waals surface area contributed by atoms with Crippen molar-refractivity contribution in [3.05, 3.63) is 53.5 Å². The molecule has 0 bridgehead atoms. The van der Waals surface area contributed by atoms with Crippen molar-refractivity contribution in [2.75, 3.05) is 0 Å². The molecule has 1 rings (SSSR count). The van der Waals surface area contributed by atoms with Crippen molar-refractivity contribution >= 4 is 0 Å². The minimum absolute atomic E-state index is 0.213. The largest absolute Gasteiger partial charge is 0.416 e. The predicted octanol–water partition coefficient (Wildman–Crippen LogP) is 3.71. The zero-order valence-corrected chi connectivity index (χ0v) is 8.60. The molecular formula is C12H9F3N. The molecule has 16 heavy (non-hydrogen) atoms. The van der Waals surface area contributed by atoms with E-state index in [2.05, 4.69) is 6.58 Å². The van der Waals surface area contributed by atoms with Crippen LogP contribution in [-0.4, -0.2) is 0 Å². The molecule has 0 aromatic heterocycles. The molecule has 0 amide bonds. The van der Waals surface area contributed by atoms with E-state index in [0.717, 1.165) is 12.1 Å². The summed E-state index contributed by atoms with van der Waals surface area (Å²) in [6.07, 6.45) is -2.97. The second kappa shape index (κ2) is 4.40. The fourth-order valence-electron chi connectivity index (χ4n) is 1.25. The van der Waals surface area contributed by atoms with Gasteiger partial charge in [0.05, 0.1) is 17.2 Å². The van der Waals surface area contributed by atoms with Crippen LogP contribution in [0.25, 0.3) is 0 Å². The molecule has 1 aromatic rings. The lowest BCUT2D eigenvalue weighted by atomic mass is 9.94. The van der Waals surface area contributed by atoms with E-state index in [9.17, 15) is 13.2 Å². The van der Waals surface area contributed by atoms with Crippen molar-refractivity contribution in [1.82, 2.24) is 0 Å². The summed E-state index contributed by atoms with van der Waals surface area (Å²) >= 11 is 0. The zero-order valence-electron chi connectivity index (χ0n) is 8.60. The van der Waals surface area contributed by atoms with Gasteiger partial charge in [-0.25, -0.2) is 0 Å². The van der Waals surface area contributed by atoms with Gasteiger partial charge >= 0.3 is 6.18 Å². The van der Waals surface area contributed by atoms with Gasteiger partial charge in [-0.3, -0.25) is 0 Å². The van der Waals surface area contributed by atoms with E-state index in [-0.39, 0.29) is 11.1 Å². The average molecular weight is 224 g/mol. The Morgan fingerprint density at radius 1 is 1.44 bits per heavy atom. The Bertz CT molecular complexity index is 441. The fourth-order valence-corrected chi connectivity index (χ4v) is 1.25. The van der Waals surface area contributed by atoms with Crippen LogP contribution in [0.2, 0.25) is 0 Å². The third kappa shape index (κ3) is 2.43. The molecule has 1 aromatic carbocycles. The number of benzene rings is 1. The Labute approximate surface area is 91.8 Å². The number of alkyl halides is 3. The fraction of sp³-hybridized carbons (Fsp3) is 0.167. The molecule has 0 aliphatic rings. The molecule has 0 atom stereocenters. The molecular weight excluding hydrogens is 215 g/mol. The summed E-state index contributed by atoms with van der Waals surface area (Å²) in [5.74, 6) is 0.544. The highest BCUT2D eigenvalue weighted by atomic mass is 19.4. The molecule has 0 saturated carbocycles. The Hall–Kier alpha value is -1.76. The Kier molecular flexibility index (Phi) is 3.38. The Morgan fingerprint density at radius 3 is 2.50 bits per heavy atom. The molecule has 0 unspecified atom stereocenters. The van der Waals surface area contributed by atoms with Crippen molar-refractivity contribution < 1.29 is 13.2 Å². The van der Waals surface area contributed by atoms with Gasteiger partial charge < -0.3 is 0 Å². The van der Waals surface area contributed by atoms with Gasteiger partial charge in [0.15, 0.2) is 0 Å². The van der Waals surface area contributed by atoms with Gasteiger partial charge in [0, 0.05) is 5.92 Å². The van der Waals surface area contributed by atoms with Crippen molar-refractivity contribution in [1.29, 1.82) is 5.26 Å².